The van der Waals surface area contributed by atoms with E-state index in [-0.39, 0.29) is 11.9 Å². The monoisotopic (exact) mass is 346 g/mol. The van der Waals surface area contributed by atoms with Gasteiger partial charge in [-0.2, -0.15) is 5.10 Å². The van der Waals surface area contributed by atoms with Crippen molar-refractivity contribution in [2.24, 2.45) is 0 Å². The van der Waals surface area contributed by atoms with E-state index < -0.39 is 0 Å². The van der Waals surface area contributed by atoms with Crippen molar-refractivity contribution < 1.29 is 4.79 Å². The van der Waals surface area contributed by atoms with E-state index in [1.165, 1.54) is 5.56 Å². The smallest absolute Gasteiger partial charge is 0.257 e. The second-order valence-corrected chi connectivity index (χ2v) is 6.48. The van der Waals surface area contributed by atoms with Gasteiger partial charge in [-0.1, -0.05) is 67.6 Å². The Balaban J connectivity index is 1.55. The summed E-state index contributed by atoms with van der Waals surface area (Å²) in [5, 5.41) is 11.2. The van der Waals surface area contributed by atoms with E-state index in [4.69, 9.17) is 0 Å². The molecule has 26 heavy (non-hydrogen) atoms. The average molecular weight is 346 g/mol. The zero-order valence-electron chi connectivity index (χ0n) is 14.8. The van der Waals surface area contributed by atoms with Crippen molar-refractivity contribution in [3.8, 4) is 0 Å². The summed E-state index contributed by atoms with van der Waals surface area (Å²) >= 11 is 0. The summed E-state index contributed by atoms with van der Waals surface area (Å²) in [7, 11) is 0. The molecular weight excluding hydrogens is 324 g/mol. The number of carbonyl (C=O) groups excluding carboxylic acids is 1. The lowest BCUT2D eigenvalue weighted by Gasteiger charge is -2.12. The Morgan fingerprint density at radius 3 is 2.54 bits per heavy atom. The number of nitrogens with one attached hydrogen (secondary N) is 2. The molecule has 0 saturated carbocycles. The lowest BCUT2D eigenvalue weighted by Crippen LogP contribution is -2.24. The maximum absolute atomic E-state index is 12.9. The number of anilines is 1. The van der Waals surface area contributed by atoms with Crippen LogP contribution in [0.5, 0.6) is 0 Å². The summed E-state index contributed by atoms with van der Waals surface area (Å²) in [5.74, 6) is 0.745. The van der Waals surface area contributed by atoms with Crippen LogP contribution in [0.25, 0.3) is 0 Å². The van der Waals surface area contributed by atoms with Crippen LogP contribution in [0.2, 0.25) is 0 Å². The second kappa shape index (κ2) is 7.04. The summed E-state index contributed by atoms with van der Waals surface area (Å²) < 4.78 is 1.92. The number of benzene rings is 2. The fourth-order valence-electron chi connectivity index (χ4n) is 3.40. The van der Waals surface area contributed by atoms with Crippen LogP contribution in [0, 0.1) is 0 Å². The summed E-state index contributed by atoms with van der Waals surface area (Å²) in [4.78, 5) is 12.9. The van der Waals surface area contributed by atoms with Gasteiger partial charge in [-0.15, -0.1) is 0 Å². The molecule has 1 unspecified atom stereocenters. The third-order valence-electron chi connectivity index (χ3n) is 4.75. The fourth-order valence-corrected chi connectivity index (χ4v) is 3.40. The Morgan fingerprint density at radius 2 is 1.85 bits per heavy atom. The highest BCUT2D eigenvalue weighted by Crippen LogP contribution is 2.33. The Labute approximate surface area is 153 Å². The third-order valence-corrected chi connectivity index (χ3v) is 4.75. The van der Waals surface area contributed by atoms with Gasteiger partial charge in [0.2, 0.25) is 0 Å². The molecule has 0 fully saturated rings. The number of aryl methyl sites for hydroxylation is 1. The second-order valence-electron chi connectivity index (χ2n) is 6.48. The molecule has 0 spiro atoms. The first-order valence-electron chi connectivity index (χ1n) is 8.99. The van der Waals surface area contributed by atoms with Crippen molar-refractivity contribution in [2.75, 3.05) is 5.32 Å². The Kier molecular flexibility index (Phi) is 4.44. The maximum atomic E-state index is 12.9. The van der Waals surface area contributed by atoms with E-state index in [1.54, 1.807) is 0 Å². The van der Waals surface area contributed by atoms with Crippen molar-refractivity contribution in [3.63, 3.8) is 0 Å². The highest BCUT2D eigenvalue weighted by molar-refractivity contribution is 6.00. The van der Waals surface area contributed by atoms with Crippen molar-refractivity contribution in [2.45, 2.75) is 32.5 Å². The van der Waals surface area contributed by atoms with E-state index in [0.717, 1.165) is 30.0 Å². The van der Waals surface area contributed by atoms with Crippen LogP contribution < -0.4 is 10.6 Å². The van der Waals surface area contributed by atoms with Crippen LogP contribution >= 0.6 is 0 Å². The van der Waals surface area contributed by atoms with Gasteiger partial charge in [0.25, 0.3) is 5.91 Å². The van der Waals surface area contributed by atoms with Crippen LogP contribution in [0.3, 0.4) is 0 Å². The number of nitrogens with zero attached hydrogens (tertiary/aromatic N) is 2. The van der Waals surface area contributed by atoms with E-state index in [0.29, 0.717) is 12.1 Å². The molecular formula is C21H22N4O. The number of hydrogen-bond donors (Lipinski definition) is 2. The molecule has 1 aromatic heterocycles. The minimum absolute atomic E-state index is 0.0758. The zero-order chi connectivity index (χ0) is 17.9. The van der Waals surface area contributed by atoms with Gasteiger partial charge in [0.1, 0.15) is 11.4 Å². The summed E-state index contributed by atoms with van der Waals surface area (Å²) in [5.41, 5.74) is 3.79. The van der Waals surface area contributed by atoms with Gasteiger partial charge in [0, 0.05) is 6.54 Å². The van der Waals surface area contributed by atoms with Crippen LogP contribution in [0.1, 0.15) is 40.1 Å². The average Bonchev–Trinajstić information content (AvgIpc) is 3.25. The van der Waals surface area contributed by atoms with Gasteiger partial charge >= 0.3 is 0 Å². The van der Waals surface area contributed by atoms with Crippen LogP contribution in [0.4, 0.5) is 5.82 Å². The van der Waals surface area contributed by atoms with Crippen molar-refractivity contribution in [3.05, 3.63) is 83.0 Å². The molecule has 2 aromatic carbocycles. The van der Waals surface area contributed by atoms with E-state index in [2.05, 4.69) is 27.9 Å². The molecule has 0 aliphatic carbocycles. The molecule has 4 rings (SSSR count). The van der Waals surface area contributed by atoms with Crippen LogP contribution in [0.15, 0.2) is 60.7 Å². The van der Waals surface area contributed by atoms with Crippen LogP contribution in [-0.4, -0.2) is 15.7 Å². The molecule has 0 saturated heterocycles. The zero-order valence-corrected chi connectivity index (χ0v) is 14.8. The maximum Gasteiger partial charge on any atom is 0.257 e. The van der Waals surface area contributed by atoms with Gasteiger partial charge in [0.05, 0.1) is 18.3 Å². The summed E-state index contributed by atoms with van der Waals surface area (Å²) in [6, 6.07) is 20.3. The molecule has 3 aromatic rings. The highest BCUT2D eigenvalue weighted by atomic mass is 16.1. The number of amides is 1. The molecule has 1 aliphatic heterocycles. The minimum Gasteiger partial charge on any atom is -0.361 e. The number of hydrogen-bond acceptors (Lipinski definition) is 3. The van der Waals surface area contributed by atoms with Gasteiger partial charge in [-0.25, -0.2) is 4.68 Å². The standard InChI is InChI=1S/C21H22N4O/c1-2-17-19(21(26)22-13-15-9-5-3-6-10-15)20-23-18(14-25(20)24-17)16-11-7-4-8-12-16/h3-12,18,23H,2,13-14H2,1H3,(H,22,26). The summed E-state index contributed by atoms with van der Waals surface area (Å²) in [6.07, 6.45) is 0.728. The topological polar surface area (TPSA) is 59.0 Å². The number of fused-ring (bicyclic) bond motifs is 1. The third kappa shape index (κ3) is 3.08. The first-order valence-corrected chi connectivity index (χ1v) is 8.99. The Bertz CT molecular complexity index is 903. The fraction of sp³-hybridized carbons (Fsp3) is 0.238. The molecule has 0 radical (unpaired) electrons. The minimum atomic E-state index is -0.0758. The van der Waals surface area contributed by atoms with Gasteiger partial charge in [0.15, 0.2) is 0 Å². The molecule has 132 valence electrons. The van der Waals surface area contributed by atoms with Crippen molar-refractivity contribution in [1.29, 1.82) is 0 Å². The molecule has 1 atom stereocenters. The Morgan fingerprint density at radius 1 is 1.15 bits per heavy atom. The number of aromatic nitrogens is 2. The lowest BCUT2D eigenvalue weighted by atomic mass is 10.1. The first-order chi connectivity index (χ1) is 12.8. The van der Waals surface area contributed by atoms with Crippen LogP contribution in [-0.2, 0) is 19.5 Å². The molecule has 1 amide bonds. The summed E-state index contributed by atoms with van der Waals surface area (Å²) in [6.45, 7) is 3.27. The largest absolute Gasteiger partial charge is 0.361 e. The van der Waals surface area contributed by atoms with E-state index in [1.807, 2.05) is 60.1 Å². The van der Waals surface area contributed by atoms with E-state index in [9.17, 15) is 4.79 Å². The van der Waals surface area contributed by atoms with E-state index >= 15 is 0 Å². The number of carbonyl (C=O) groups is 1. The van der Waals surface area contributed by atoms with Gasteiger partial charge in [-0.3, -0.25) is 4.79 Å². The predicted molar refractivity (Wildman–Crippen MR) is 102 cm³/mol. The van der Waals surface area contributed by atoms with Crippen molar-refractivity contribution >= 4 is 11.7 Å². The predicted octanol–water partition coefficient (Wildman–Crippen LogP) is 3.54. The highest BCUT2D eigenvalue weighted by Gasteiger charge is 2.30. The first kappa shape index (κ1) is 16.4. The molecule has 2 heterocycles. The quantitative estimate of drug-likeness (QED) is 0.743. The lowest BCUT2D eigenvalue weighted by molar-refractivity contribution is 0.0951. The molecule has 5 nitrogen and oxygen atoms in total. The van der Waals surface area contributed by atoms with Gasteiger partial charge in [-0.05, 0) is 17.5 Å². The molecule has 0 bridgehead atoms. The van der Waals surface area contributed by atoms with Crippen molar-refractivity contribution in [1.82, 2.24) is 15.1 Å². The SMILES string of the molecule is CCc1nn2c(c1C(=O)NCc1ccccc1)NC(c1ccccc1)C2. The Hall–Kier alpha value is -3.08. The molecule has 1 aliphatic rings. The van der Waals surface area contributed by atoms with Gasteiger partial charge < -0.3 is 10.6 Å². The molecule has 5 heteroatoms. The molecule has 2 N–H and O–H groups in total. The normalized spacial score (nSPS) is 15.3. The number of rotatable bonds is 5.